The number of benzene rings is 2. The lowest BCUT2D eigenvalue weighted by Crippen LogP contribution is -2.61. The zero-order chi connectivity index (χ0) is 37.9. The summed E-state index contributed by atoms with van der Waals surface area (Å²) in [5.41, 5.74) is 7.62. The minimum atomic E-state index is 0.205. The molecule has 8 heterocycles. The molecule has 286 valence electrons. The van der Waals surface area contributed by atoms with Crippen molar-refractivity contribution in [1.29, 1.82) is 0 Å². The standard InChI is InChI=1S/C21H24N6O.C20H24ClN5O/c1-21(13-28-14-21)26-6-4-15(5-7-26)18-9-20-16(8-19(18)22-2)10-24-27(20)17-11-23-25(3)12-17;1-20(12-27-13-20)25-5-3-14(4-6-25)17-8-19-15(7-18(17)21)9-23-26(19)16-10-22-24(2)11-16/h8-12,15H,4-7,13-14H2,1,3H3;7-11,14H,3-6,12-13H2,1-2H3. The quantitative estimate of drug-likeness (QED) is 0.174. The van der Waals surface area contributed by atoms with Gasteiger partial charge in [-0.05, 0) is 113 Å². The average Bonchev–Trinajstić information content (AvgIpc) is 3.99. The number of rotatable bonds is 6. The first-order valence-electron chi connectivity index (χ1n) is 19.3. The Morgan fingerprint density at radius 2 is 1.11 bits per heavy atom. The van der Waals surface area contributed by atoms with Crippen LogP contribution in [0.25, 0.3) is 38.0 Å². The van der Waals surface area contributed by atoms with Crippen LogP contribution < -0.4 is 0 Å². The highest BCUT2D eigenvalue weighted by atomic mass is 35.5. The van der Waals surface area contributed by atoms with Gasteiger partial charge < -0.3 is 9.47 Å². The van der Waals surface area contributed by atoms with Crippen molar-refractivity contribution in [1.82, 2.24) is 48.9 Å². The molecule has 2 aromatic carbocycles. The van der Waals surface area contributed by atoms with Crippen LogP contribution in [0.2, 0.25) is 5.02 Å². The molecular formula is C41H48ClN11O2. The Morgan fingerprint density at radius 1 is 0.655 bits per heavy atom. The van der Waals surface area contributed by atoms with E-state index in [1.807, 2.05) is 66.7 Å². The highest BCUT2D eigenvalue weighted by Crippen LogP contribution is 2.41. The summed E-state index contributed by atoms with van der Waals surface area (Å²) >= 11 is 6.67. The van der Waals surface area contributed by atoms with E-state index in [0.29, 0.717) is 11.8 Å². The molecule has 0 N–H and O–H groups in total. The Kier molecular flexibility index (Phi) is 9.30. The van der Waals surface area contributed by atoms with Gasteiger partial charge in [0.25, 0.3) is 0 Å². The van der Waals surface area contributed by atoms with Crippen LogP contribution in [0.15, 0.2) is 61.4 Å². The minimum Gasteiger partial charge on any atom is -0.377 e. The number of ether oxygens (including phenoxy) is 2. The van der Waals surface area contributed by atoms with Crippen molar-refractivity contribution in [2.24, 2.45) is 14.1 Å². The maximum absolute atomic E-state index is 7.69. The number of nitrogens with zero attached hydrogens (tertiary/aromatic N) is 11. The number of fused-ring (bicyclic) bond motifs is 2. The summed E-state index contributed by atoms with van der Waals surface area (Å²) in [6.07, 6.45) is 15.7. The number of aromatic nitrogens is 8. The highest BCUT2D eigenvalue weighted by Gasteiger charge is 2.42. The molecule has 0 radical (unpaired) electrons. The highest BCUT2D eigenvalue weighted by molar-refractivity contribution is 6.32. The van der Waals surface area contributed by atoms with Crippen molar-refractivity contribution in [2.45, 2.75) is 62.4 Å². The third-order valence-electron chi connectivity index (χ3n) is 12.4. The van der Waals surface area contributed by atoms with Gasteiger partial charge in [-0.25, -0.2) is 14.2 Å². The van der Waals surface area contributed by atoms with Crippen LogP contribution in [0, 0.1) is 6.57 Å². The zero-order valence-electron chi connectivity index (χ0n) is 32.0. The van der Waals surface area contributed by atoms with E-state index in [9.17, 15) is 0 Å². The van der Waals surface area contributed by atoms with Crippen molar-refractivity contribution in [2.75, 3.05) is 52.6 Å². The van der Waals surface area contributed by atoms with Crippen LogP contribution in [0.1, 0.15) is 62.5 Å². The normalized spacial score (nSPS) is 20.5. The first-order chi connectivity index (χ1) is 26.6. The molecule has 13 nitrogen and oxygen atoms in total. The summed E-state index contributed by atoms with van der Waals surface area (Å²) < 4.78 is 18.3. The van der Waals surface area contributed by atoms with Gasteiger partial charge in [0.15, 0.2) is 5.69 Å². The zero-order valence-corrected chi connectivity index (χ0v) is 32.8. The van der Waals surface area contributed by atoms with Crippen LogP contribution in [0.5, 0.6) is 0 Å². The van der Waals surface area contributed by atoms with Crippen LogP contribution in [0.4, 0.5) is 5.69 Å². The second-order valence-corrected chi connectivity index (χ2v) is 16.8. The van der Waals surface area contributed by atoms with E-state index >= 15 is 0 Å². The molecule has 6 aromatic rings. The number of hydrogen-bond acceptors (Lipinski definition) is 8. The maximum Gasteiger partial charge on any atom is 0.191 e. The molecule has 0 unspecified atom stereocenters. The molecular weight excluding hydrogens is 714 g/mol. The molecule has 0 saturated carbocycles. The number of aryl methyl sites for hydroxylation is 2. The van der Waals surface area contributed by atoms with E-state index in [-0.39, 0.29) is 11.1 Å². The topological polar surface area (TPSA) is 101 Å². The molecule has 0 aliphatic carbocycles. The van der Waals surface area contributed by atoms with Crippen molar-refractivity contribution in [3.8, 4) is 11.4 Å². The van der Waals surface area contributed by atoms with E-state index in [0.717, 1.165) is 128 Å². The maximum atomic E-state index is 7.69. The van der Waals surface area contributed by atoms with Gasteiger partial charge in [0.05, 0.1) is 92.3 Å². The molecule has 55 heavy (non-hydrogen) atoms. The molecule has 4 aliphatic heterocycles. The number of likely N-dealkylation sites (tertiary alicyclic amines) is 2. The van der Waals surface area contributed by atoms with E-state index in [1.165, 1.54) is 5.56 Å². The van der Waals surface area contributed by atoms with Crippen molar-refractivity contribution in [3.63, 3.8) is 0 Å². The first-order valence-corrected chi connectivity index (χ1v) is 19.7. The fourth-order valence-electron chi connectivity index (χ4n) is 8.94. The molecule has 0 bridgehead atoms. The van der Waals surface area contributed by atoms with Crippen LogP contribution >= 0.6 is 11.6 Å². The molecule has 10 rings (SSSR count). The third kappa shape index (κ3) is 6.63. The fraction of sp³-hybridized carbons (Fsp3) is 0.488. The van der Waals surface area contributed by atoms with Crippen LogP contribution in [-0.2, 0) is 23.6 Å². The molecule has 0 atom stereocenters. The fourth-order valence-corrected chi connectivity index (χ4v) is 9.27. The molecule has 0 amide bonds. The lowest BCUT2D eigenvalue weighted by Gasteiger charge is -2.50. The van der Waals surface area contributed by atoms with E-state index in [4.69, 9.17) is 27.6 Å². The average molecular weight is 762 g/mol. The largest absolute Gasteiger partial charge is 0.377 e. The summed E-state index contributed by atoms with van der Waals surface area (Å²) in [6.45, 7) is 20.0. The summed E-state index contributed by atoms with van der Waals surface area (Å²) in [7, 11) is 3.82. The van der Waals surface area contributed by atoms with E-state index in [1.54, 1.807) is 9.36 Å². The van der Waals surface area contributed by atoms with Crippen LogP contribution in [-0.4, -0.2) is 113 Å². The van der Waals surface area contributed by atoms with Crippen molar-refractivity contribution < 1.29 is 9.47 Å². The second kappa shape index (κ2) is 14.2. The van der Waals surface area contributed by atoms with Gasteiger partial charge in [0.2, 0.25) is 0 Å². The van der Waals surface area contributed by atoms with Crippen LogP contribution in [0.3, 0.4) is 0 Å². The van der Waals surface area contributed by atoms with Gasteiger partial charge in [-0.2, -0.15) is 20.4 Å². The second-order valence-electron chi connectivity index (χ2n) is 16.4. The molecule has 4 aliphatic rings. The van der Waals surface area contributed by atoms with Gasteiger partial charge in [-0.1, -0.05) is 11.6 Å². The number of halogens is 1. The summed E-state index contributed by atoms with van der Waals surface area (Å²) in [5.74, 6) is 0.895. The Balaban J connectivity index is 0.000000144. The predicted molar refractivity (Wildman–Crippen MR) is 212 cm³/mol. The predicted octanol–water partition coefficient (Wildman–Crippen LogP) is 6.66. The summed E-state index contributed by atoms with van der Waals surface area (Å²) in [6, 6.07) is 8.45. The van der Waals surface area contributed by atoms with Gasteiger partial charge in [0.1, 0.15) is 11.4 Å². The van der Waals surface area contributed by atoms with E-state index in [2.05, 4.69) is 67.1 Å². The van der Waals surface area contributed by atoms with E-state index < -0.39 is 0 Å². The SMILES string of the molecule is Cn1cc(-n2ncc3cc(Cl)c(C4CCN(C5(C)COC5)CC4)cc32)cn1.[C-]#[N+]c1cc2cnn(-c3cnn(C)c3)c2cc1C1CCN(C2(C)COC2)CC1. The Labute approximate surface area is 326 Å². The Bertz CT molecular complexity index is 2380. The number of hydrogen-bond donors (Lipinski definition) is 0. The summed E-state index contributed by atoms with van der Waals surface area (Å²) in [4.78, 5) is 8.98. The molecule has 4 aromatic heterocycles. The lowest BCUT2D eigenvalue weighted by atomic mass is 9.85. The van der Waals surface area contributed by atoms with Gasteiger partial charge in [-0.15, -0.1) is 0 Å². The molecule has 4 saturated heterocycles. The smallest absolute Gasteiger partial charge is 0.191 e. The van der Waals surface area contributed by atoms with Crippen molar-refractivity contribution >= 4 is 39.1 Å². The van der Waals surface area contributed by atoms with Gasteiger partial charge in [0, 0.05) is 29.9 Å². The molecule has 4 fully saturated rings. The van der Waals surface area contributed by atoms with Gasteiger partial charge in [-0.3, -0.25) is 19.2 Å². The first kappa shape index (κ1) is 36.1. The Morgan fingerprint density at radius 3 is 1.53 bits per heavy atom. The number of piperidine rings is 2. The molecule has 0 spiro atoms. The van der Waals surface area contributed by atoms with Crippen molar-refractivity contribution in [3.05, 3.63) is 89.0 Å². The monoisotopic (exact) mass is 761 g/mol. The molecule has 14 heteroatoms. The van der Waals surface area contributed by atoms with Gasteiger partial charge >= 0.3 is 0 Å². The summed E-state index contributed by atoms with van der Waals surface area (Å²) in [5, 5.41) is 20.5. The third-order valence-corrected chi connectivity index (χ3v) is 12.8. The minimum absolute atomic E-state index is 0.205. The Hall–Kier alpha value is -4.58. The lowest BCUT2D eigenvalue weighted by molar-refractivity contribution is -0.136.